The van der Waals surface area contributed by atoms with Crippen molar-refractivity contribution in [2.45, 2.75) is 37.6 Å². The van der Waals surface area contributed by atoms with E-state index in [1.54, 1.807) is 17.9 Å². The Kier molecular flexibility index (Phi) is 6.59. The smallest absolute Gasteiger partial charge is 0.257 e. The number of rotatable bonds is 6. The third kappa shape index (κ3) is 4.97. The van der Waals surface area contributed by atoms with Crippen molar-refractivity contribution in [1.29, 1.82) is 0 Å². The van der Waals surface area contributed by atoms with Crippen LogP contribution in [-0.4, -0.2) is 39.4 Å². The van der Waals surface area contributed by atoms with Gasteiger partial charge in [-0.2, -0.15) is 0 Å². The summed E-state index contributed by atoms with van der Waals surface area (Å²) in [6, 6.07) is 13.4. The molecule has 1 saturated heterocycles. The number of hydrogen-bond acceptors (Lipinski definition) is 4. The normalized spacial score (nSPS) is 16.4. The van der Waals surface area contributed by atoms with Gasteiger partial charge in [0, 0.05) is 19.1 Å². The van der Waals surface area contributed by atoms with Crippen LogP contribution in [0.15, 0.2) is 53.4 Å². The summed E-state index contributed by atoms with van der Waals surface area (Å²) < 4.78 is 33.9. The van der Waals surface area contributed by atoms with Gasteiger partial charge in [-0.05, 0) is 49.4 Å². The molecule has 0 saturated carbocycles. The molecule has 0 aliphatic carbocycles. The van der Waals surface area contributed by atoms with Gasteiger partial charge in [0.15, 0.2) is 0 Å². The molecule has 2 aromatic rings. The van der Waals surface area contributed by atoms with Gasteiger partial charge in [0.2, 0.25) is 10.0 Å². The lowest BCUT2D eigenvalue weighted by atomic mass is 9.98. The van der Waals surface area contributed by atoms with Gasteiger partial charge in [0.25, 0.3) is 5.91 Å². The van der Waals surface area contributed by atoms with E-state index in [0.29, 0.717) is 24.8 Å². The predicted molar refractivity (Wildman–Crippen MR) is 112 cm³/mol. The van der Waals surface area contributed by atoms with Crippen LogP contribution in [0.2, 0.25) is 0 Å². The molecule has 2 aromatic carbocycles. The van der Waals surface area contributed by atoms with E-state index < -0.39 is 16.1 Å². The zero-order chi connectivity index (χ0) is 21.0. The molecule has 0 radical (unpaired) electrons. The first-order valence-electron chi connectivity index (χ1n) is 9.86. The number of carbonyl (C=O) groups is 1. The lowest BCUT2D eigenvalue weighted by Crippen LogP contribution is -2.38. The highest BCUT2D eigenvalue weighted by Crippen LogP contribution is 2.27. The number of methoxy groups -OCH3 is 1. The largest absolute Gasteiger partial charge is 0.496 e. The fraction of sp³-hybridized carbons (Fsp3) is 0.409. The molecule has 1 amide bonds. The predicted octanol–water partition coefficient (Wildman–Crippen LogP) is 3.61. The van der Waals surface area contributed by atoms with Crippen molar-refractivity contribution in [3.63, 3.8) is 0 Å². The number of ether oxygens (including phenoxy) is 1. The maximum atomic E-state index is 13.0. The van der Waals surface area contributed by atoms with Gasteiger partial charge in [-0.15, -0.1) is 0 Å². The number of nitrogens with one attached hydrogen (secondary N) is 1. The molecular formula is C22H28N2O4S. The molecule has 1 fully saturated rings. The zero-order valence-electron chi connectivity index (χ0n) is 17.1. The third-order valence-corrected chi connectivity index (χ3v) is 6.95. The van der Waals surface area contributed by atoms with Crippen molar-refractivity contribution in [3.8, 4) is 5.75 Å². The van der Waals surface area contributed by atoms with E-state index in [4.69, 9.17) is 4.74 Å². The maximum Gasteiger partial charge on any atom is 0.257 e. The number of carbonyl (C=O) groups excluding carboxylic acids is 1. The molecule has 0 bridgehead atoms. The summed E-state index contributed by atoms with van der Waals surface area (Å²) in [6.45, 7) is 5.30. The molecule has 6 nitrogen and oxygen atoms in total. The first-order valence-corrected chi connectivity index (χ1v) is 11.3. The van der Waals surface area contributed by atoms with E-state index in [0.717, 1.165) is 18.4 Å². The number of sulfonamides is 1. The van der Waals surface area contributed by atoms with Crippen LogP contribution in [0, 0.1) is 5.92 Å². The number of piperidine rings is 1. The van der Waals surface area contributed by atoms with Gasteiger partial charge in [-0.3, -0.25) is 4.79 Å². The highest BCUT2D eigenvalue weighted by atomic mass is 32.2. The Morgan fingerprint density at radius 3 is 2.41 bits per heavy atom. The van der Waals surface area contributed by atoms with Gasteiger partial charge in [0.1, 0.15) is 5.75 Å². The summed E-state index contributed by atoms with van der Waals surface area (Å²) in [5.74, 6) is 0.780. The first kappa shape index (κ1) is 21.3. The lowest BCUT2D eigenvalue weighted by Gasteiger charge is -2.30. The van der Waals surface area contributed by atoms with Crippen LogP contribution >= 0.6 is 0 Å². The quantitative estimate of drug-likeness (QED) is 0.781. The Hall–Kier alpha value is -2.38. The Balaban J connectivity index is 1.86. The molecule has 29 heavy (non-hydrogen) atoms. The van der Waals surface area contributed by atoms with Crippen molar-refractivity contribution >= 4 is 15.9 Å². The molecule has 1 atom stereocenters. The first-order chi connectivity index (χ1) is 13.8. The molecule has 3 rings (SSSR count). The average Bonchev–Trinajstić information content (AvgIpc) is 2.73. The molecule has 1 N–H and O–H groups in total. The molecule has 1 heterocycles. The molecule has 1 aliphatic rings. The number of benzene rings is 2. The van der Waals surface area contributed by atoms with Gasteiger partial charge >= 0.3 is 0 Å². The number of likely N-dealkylation sites (tertiary alicyclic amines) is 1. The van der Waals surface area contributed by atoms with Crippen molar-refractivity contribution < 1.29 is 17.9 Å². The summed E-state index contributed by atoms with van der Waals surface area (Å²) in [6.07, 6.45) is 1.89. The highest BCUT2D eigenvalue weighted by Gasteiger charge is 2.26. The lowest BCUT2D eigenvalue weighted by molar-refractivity contribution is 0.0693. The Morgan fingerprint density at radius 1 is 1.14 bits per heavy atom. The second-order valence-electron chi connectivity index (χ2n) is 7.59. The minimum Gasteiger partial charge on any atom is -0.496 e. The van der Waals surface area contributed by atoms with E-state index in [1.165, 1.54) is 19.2 Å². The van der Waals surface area contributed by atoms with Crippen molar-refractivity contribution in [2.24, 2.45) is 5.92 Å². The van der Waals surface area contributed by atoms with E-state index in [-0.39, 0.29) is 16.4 Å². The van der Waals surface area contributed by atoms with Crippen LogP contribution in [0.25, 0.3) is 0 Å². The van der Waals surface area contributed by atoms with Crippen LogP contribution in [0.1, 0.15) is 48.7 Å². The highest BCUT2D eigenvalue weighted by molar-refractivity contribution is 7.89. The molecule has 0 aromatic heterocycles. The molecule has 0 spiro atoms. The summed E-state index contributed by atoms with van der Waals surface area (Å²) in [4.78, 5) is 14.9. The monoisotopic (exact) mass is 416 g/mol. The van der Waals surface area contributed by atoms with Crippen LogP contribution < -0.4 is 9.46 Å². The average molecular weight is 417 g/mol. The van der Waals surface area contributed by atoms with E-state index >= 15 is 0 Å². The Labute approximate surface area is 172 Å². The molecule has 1 aliphatic heterocycles. The SMILES string of the molecule is COc1ccc(S(=O)(=O)N[C@@H](C)c2ccccc2)cc1C(=O)N1CCC(C)CC1. The maximum absolute atomic E-state index is 13.0. The van der Waals surface area contributed by atoms with Gasteiger partial charge in [-0.25, -0.2) is 13.1 Å². The minimum atomic E-state index is -3.80. The van der Waals surface area contributed by atoms with Crippen LogP contribution in [0.3, 0.4) is 0 Å². The summed E-state index contributed by atoms with van der Waals surface area (Å²) >= 11 is 0. The third-order valence-electron chi connectivity index (χ3n) is 5.41. The fourth-order valence-corrected chi connectivity index (χ4v) is 4.77. The molecule has 156 valence electrons. The van der Waals surface area contributed by atoms with Gasteiger partial charge in [0.05, 0.1) is 17.6 Å². The van der Waals surface area contributed by atoms with E-state index in [1.807, 2.05) is 30.3 Å². The topological polar surface area (TPSA) is 75.7 Å². The molecule has 0 unspecified atom stereocenters. The summed E-state index contributed by atoms with van der Waals surface area (Å²) in [7, 11) is -2.32. The van der Waals surface area contributed by atoms with Gasteiger partial charge in [-0.1, -0.05) is 37.3 Å². The number of amides is 1. The van der Waals surface area contributed by atoms with E-state index in [2.05, 4.69) is 11.6 Å². The zero-order valence-corrected chi connectivity index (χ0v) is 17.9. The Morgan fingerprint density at radius 2 is 1.79 bits per heavy atom. The van der Waals surface area contributed by atoms with Crippen molar-refractivity contribution in [1.82, 2.24) is 9.62 Å². The van der Waals surface area contributed by atoms with Crippen LogP contribution in [0.5, 0.6) is 5.75 Å². The Bertz CT molecular complexity index is 952. The fourth-order valence-electron chi connectivity index (χ4n) is 3.51. The number of nitrogens with zero attached hydrogens (tertiary/aromatic N) is 1. The molecular weight excluding hydrogens is 388 g/mol. The van der Waals surface area contributed by atoms with Crippen molar-refractivity contribution in [3.05, 3.63) is 59.7 Å². The van der Waals surface area contributed by atoms with Crippen LogP contribution in [-0.2, 0) is 10.0 Å². The van der Waals surface area contributed by atoms with Gasteiger partial charge < -0.3 is 9.64 Å². The minimum absolute atomic E-state index is 0.0507. The standard InChI is InChI=1S/C22H28N2O4S/c1-16-11-13-24(14-12-16)22(25)20-15-19(9-10-21(20)28-3)29(26,27)23-17(2)18-7-5-4-6-8-18/h4-10,15-17,23H,11-14H2,1-3H3/t17-/m0/s1. The summed E-state index contributed by atoms with van der Waals surface area (Å²) in [5.41, 5.74) is 1.14. The summed E-state index contributed by atoms with van der Waals surface area (Å²) in [5, 5.41) is 0. The second-order valence-corrected chi connectivity index (χ2v) is 9.30. The van der Waals surface area contributed by atoms with Crippen molar-refractivity contribution in [2.75, 3.05) is 20.2 Å². The number of hydrogen-bond donors (Lipinski definition) is 1. The second kappa shape index (κ2) is 8.97. The molecule has 7 heteroatoms. The van der Waals surface area contributed by atoms with E-state index in [9.17, 15) is 13.2 Å². The van der Waals surface area contributed by atoms with Crippen LogP contribution in [0.4, 0.5) is 0 Å².